The highest BCUT2D eigenvalue weighted by atomic mass is 32.2. The van der Waals surface area contributed by atoms with Crippen LogP contribution >= 0.6 is 94.1 Å². The Morgan fingerprint density at radius 2 is 0.300 bits per heavy atom. The van der Waals surface area contributed by atoms with E-state index in [1.807, 2.05) is 146 Å². The molecule has 5 heterocycles. The van der Waals surface area contributed by atoms with Crippen LogP contribution in [-0.4, -0.2) is 154 Å². The molecule has 0 saturated carbocycles. The van der Waals surface area contributed by atoms with Gasteiger partial charge in [-0.05, 0) is 142 Å². The van der Waals surface area contributed by atoms with Crippen LogP contribution in [0, 0.1) is 0 Å². The lowest BCUT2D eigenvalue weighted by Gasteiger charge is -2.12. The number of H-pyrrole nitrogens is 2. The third kappa shape index (κ3) is 21.7. The number of rotatable bonds is 40. The Balaban J connectivity index is 1.18. The van der Waals surface area contributed by atoms with E-state index in [2.05, 4.69) is 9.97 Å². The maximum absolute atomic E-state index is 5.89. The number of thioether (sulfide) groups is 8. The van der Waals surface area contributed by atoms with E-state index in [9.17, 15) is 0 Å². The third-order valence-corrected chi connectivity index (χ3v) is 28.4. The molecule has 626 valence electrons. The smallest absolute Gasteiger partial charge is 0.171 e. The van der Waals surface area contributed by atoms with Gasteiger partial charge in [0.25, 0.3) is 0 Å². The molecule has 24 nitrogen and oxygen atoms in total. The normalized spacial score (nSPS) is 11.8. The molecule has 3 aromatic heterocycles. The summed E-state index contributed by atoms with van der Waals surface area (Å²) in [5, 5.41) is 0. The highest BCUT2D eigenvalue weighted by Crippen LogP contribution is 2.52. The van der Waals surface area contributed by atoms with Gasteiger partial charge in [-0.15, -0.1) is 94.1 Å². The highest BCUT2D eigenvalue weighted by Gasteiger charge is 2.31. The summed E-state index contributed by atoms with van der Waals surface area (Å²) in [7, 11) is 26.3. The van der Waals surface area contributed by atoms with E-state index in [0.29, 0.717) is 184 Å². The summed E-state index contributed by atoms with van der Waals surface area (Å²) in [6.45, 7) is 0. The van der Waals surface area contributed by atoms with Crippen molar-refractivity contribution in [2.75, 3.05) is 114 Å². The number of benzene rings is 8. The Bertz CT molecular complexity index is 4910. The van der Waals surface area contributed by atoms with E-state index in [1.165, 1.54) is 0 Å². The molecule has 0 atom stereocenters. The Labute approximate surface area is 731 Å². The van der Waals surface area contributed by atoms with Crippen LogP contribution in [0.5, 0.6) is 92.0 Å². The zero-order chi connectivity index (χ0) is 84.3. The first-order chi connectivity index (χ1) is 58.5. The minimum Gasteiger partial charge on any atom is -0.497 e. The van der Waals surface area contributed by atoms with Gasteiger partial charge in [-0.3, -0.25) is 0 Å². The van der Waals surface area contributed by atoms with Gasteiger partial charge in [0.05, 0.1) is 153 Å². The van der Waals surface area contributed by atoms with E-state index in [0.717, 1.165) is 83.7 Å². The van der Waals surface area contributed by atoms with Gasteiger partial charge < -0.3 is 85.8 Å². The molecule has 0 saturated heterocycles. The second-order valence-electron chi connectivity index (χ2n) is 26.3. The van der Waals surface area contributed by atoms with E-state index in [4.69, 9.17) is 106 Å². The molecular weight excluding hydrogens is 1680 g/mol. The lowest BCUT2D eigenvalue weighted by atomic mass is 10.2. The summed E-state index contributed by atoms with van der Waals surface area (Å²) in [6.07, 6.45) is 0. The Kier molecular flexibility index (Phi) is 30.5. The summed E-state index contributed by atoms with van der Waals surface area (Å²) in [4.78, 5) is 48.5. The molecule has 2 N–H and O–H groups in total. The van der Waals surface area contributed by atoms with Gasteiger partial charge in [0.15, 0.2) is 23.3 Å². The van der Waals surface area contributed by atoms with Crippen LogP contribution < -0.4 is 75.8 Å². The molecular formula is C88H90N8O16S8. The zero-order valence-electron chi connectivity index (χ0n) is 69.0. The van der Waals surface area contributed by atoms with Crippen LogP contribution in [-0.2, 0) is 46.0 Å². The quantitative estimate of drug-likeness (QED) is 0.0338. The van der Waals surface area contributed by atoms with Gasteiger partial charge in [-0.2, -0.15) is 0 Å². The minimum atomic E-state index is 0.362. The second kappa shape index (κ2) is 41.8. The average molecular weight is 1770 g/mol. The van der Waals surface area contributed by atoms with Gasteiger partial charge in [-0.25, -0.2) is 29.9 Å². The van der Waals surface area contributed by atoms with Crippen molar-refractivity contribution in [3.8, 4) is 92.0 Å². The number of hydrogen-bond donors (Lipinski definition) is 2. The molecule has 32 heteroatoms. The van der Waals surface area contributed by atoms with Crippen molar-refractivity contribution in [2.24, 2.45) is 0 Å². The van der Waals surface area contributed by atoms with E-state index < -0.39 is 0 Å². The molecule has 0 unspecified atom stereocenters. The summed E-state index contributed by atoms with van der Waals surface area (Å²) in [5.41, 5.74) is 9.09. The monoisotopic (exact) mass is 1770 g/mol. The number of methoxy groups -OCH3 is 16. The van der Waals surface area contributed by atoms with Crippen LogP contribution in [0.25, 0.3) is 42.2 Å². The lowest BCUT2D eigenvalue weighted by molar-refractivity contribution is 0.393. The average Bonchev–Trinajstić information content (AvgIpc) is 1.61. The number of aromatic nitrogens is 8. The van der Waals surface area contributed by atoms with Crippen molar-refractivity contribution >= 4 is 136 Å². The fraction of sp³-hybridized carbons (Fsp3) is 0.273. The van der Waals surface area contributed by atoms with Crippen molar-refractivity contribution in [2.45, 2.75) is 65.6 Å². The molecule has 13 rings (SSSR count). The topological polar surface area (TPSA) is 257 Å². The first-order valence-corrected chi connectivity index (χ1v) is 45.0. The number of aromatic amines is 2. The number of nitrogens with zero attached hydrogens (tertiary/aromatic N) is 6. The van der Waals surface area contributed by atoms with Gasteiger partial charge >= 0.3 is 0 Å². The Morgan fingerprint density at radius 3 is 0.425 bits per heavy atom. The van der Waals surface area contributed by atoms with Crippen LogP contribution in [0.15, 0.2) is 165 Å². The molecule has 0 fully saturated rings. The largest absolute Gasteiger partial charge is 0.497 e. The molecule has 2 aliphatic rings. The fourth-order valence-electron chi connectivity index (χ4n) is 12.6. The van der Waals surface area contributed by atoms with Crippen molar-refractivity contribution in [1.29, 1.82) is 0 Å². The molecule has 8 bridgehead atoms. The Hall–Kier alpha value is -10.3. The van der Waals surface area contributed by atoms with Crippen LogP contribution in [0.3, 0.4) is 0 Å². The number of fused-ring (bicyclic) bond motifs is 8. The predicted octanol–water partition coefficient (Wildman–Crippen LogP) is 20.6. The lowest BCUT2D eigenvalue weighted by Crippen LogP contribution is -1.92. The van der Waals surface area contributed by atoms with Crippen LogP contribution in [0.2, 0.25) is 0 Å². The molecule has 2 aliphatic heterocycles. The maximum atomic E-state index is 5.89. The summed E-state index contributed by atoms with van der Waals surface area (Å²) in [6, 6.07) is 46.9. The molecule has 0 radical (unpaired) electrons. The van der Waals surface area contributed by atoms with E-state index in [-0.39, 0.29) is 0 Å². The van der Waals surface area contributed by atoms with Gasteiger partial charge in [-0.1, -0.05) is 0 Å². The van der Waals surface area contributed by atoms with Crippen LogP contribution in [0.1, 0.15) is 67.8 Å². The van der Waals surface area contributed by atoms with Crippen molar-refractivity contribution < 1.29 is 75.8 Å². The maximum Gasteiger partial charge on any atom is 0.171 e. The molecule has 0 aliphatic carbocycles. The van der Waals surface area contributed by atoms with E-state index >= 15 is 0 Å². The van der Waals surface area contributed by atoms with E-state index in [1.54, 1.807) is 208 Å². The number of hydrogen-bond acceptors (Lipinski definition) is 30. The standard InChI is InChI=1S/C88H90N8O16S8/c1-97-57-17-49(18-58(33-57)98-2)41-113-73-74(114-42-50-19-59(99-3)34-60(20-50)100-4)82-89-81(73)93-83-75(115-43-51-21-61(101-5)35-62(22-51)102-6)76(116-44-52-23-63(103-7)36-64(24-52)104-8)85(90-83)95-87-79(119-47-55-29-69(109-13)39-70(30-55)110-14)80(120-48-56-31-71(111-15)40-72(32-56)112-16)88(92-87)96-86-78(118-46-54-27-67(107-11)38-68(28-54)108-12)77(84(91-86)94-82)117-45-53-25-65(105-9)37-66(26-53)106-10/h17-40H,41-48H2,1-16H3,(H2,89,90,91,92,93,94,95,96). The van der Waals surface area contributed by atoms with Crippen molar-refractivity contribution in [3.63, 3.8) is 0 Å². The molecule has 8 aromatic carbocycles. The molecule has 0 spiro atoms. The van der Waals surface area contributed by atoms with Crippen molar-refractivity contribution in [3.05, 3.63) is 213 Å². The summed E-state index contributed by atoms with van der Waals surface area (Å²) >= 11 is 12.5. The van der Waals surface area contributed by atoms with Gasteiger partial charge in [0, 0.05) is 94.6 Å². The first-order valence-electron chi connectivity index (χ1n) is 37.1. The highest BCUT2D eigenvalue weighted by molar-refractivity contribution is 8.13. The SMILES string of the molecule is COc1cc(CSC2=C(SCc3cc(OC)cc(OC)c3)c3nc2nc2[nH]c(nc4nc(nc5[nH]c(n3)c(SCc3cc(OC)cc(OC)c3)c5SCc3cc(OC)cc(OC)c3)C(SCc3cc(OC)cc(OC)c3)=C4SCc3cc(OC)cc(OC)c3)c(SCc3cc(OC)cc(OC)c3)c2SCc2cc(OC)cc(OC)c2)cc(OC)c1. The minimum absolute atomic E-state index is 0.362. The molecule has 0 amide bonds. The predicted molar refractivity (Wildman–Crippen MR) is 486 cm³/mol. The summed E-state index contributed by atoms with van der Waals surface area (Å²) in [5.74, 6) is 14.8. The molecule has 11 aromatic rings. The Morgan fingerprint density at radius 1 is 0.175 bits per heavy atom. The fourth-order valence-corrected chi connectivity index (χ4v) is 21.5. The third-order valence-electron chi connectivity index (χ3n) is 18.6. The first kappa shape index (κ1) is 87.5. The number of ether oxygens (including phenoxy) is 16. The molecule has 120 heavy (non-hydrogen) atoms. The van der Waals surface area contributed by atoms with Gasteiger partial charge in [0.2, 0.25) is 0 Å². The number of nitrogens with one attached hydrogen (secondary N) is 2. The van der Waals surface area contributed by atoms with Crippen LogP contribution in [0.4, 0.5) is 0 Å². The van der Waals surface area contributed by atoms with Crippen molar-refractivity contribution in [1.82, 2.24) is 39.9 Å². The zero-order valence-corrected chi connectivity index (χ0v) is 75.5. The second-order valence-corrected chi connectivity index (χ2v) is 34.2. The summed E-state index contributed by atoms with van der Waals surface area (Å²) < 4.78 is 94.3. The van der Waals surface area contributed by atoms with Gasteiger partial charge in [0.1, 0.15) is 115 Å².